The van der Waals surface area contributed by atoms with Gasteiger partial charge in [-0.15, -0.1) is 0 Å². The average Bonchev–Trinajstić information content (AvgIpc) is 2.67. The van der Waals surface area contributed by atoms with Crippen LogP contribution in [0.25, 0.3) is 11.0 Å². The molecule has 158 valence electrons. The van der Waals surface area contributed by atoms with Crippen molar-refractivity contribution in [2.75, 3.05) is 13.6 Å². The second kappa shape index (κ2) is 8.41. The maximum absolute atomic E-state index is 12.6. The van der Waals surface area contributed by atoms with Crippen LogP contribution in [0.4, 0.5) is 0 Å². The van der Waals surface area contributed by atoms with Gasteiger partial charge in [0, 0.05) is 24.1 Å². The smallest absolute Gasteiger partial charge is 0.336 e. The van der Waals surface area contributed by atoms with E-state index in [0.29, 0.717) is 16.5 Å². The zero-order valence-electron chi connectivity index (χ0n) is 17.3. The number of rotatable bonds is 6. The molecule has 0 saturated heterocycles. The van der Waals surface area contributed by atoms with E-state index in [4.69, 9.17) is 9.15 Å². The summed E-state index contributed by atoms with van der Waals surface area (Å²) in [4.78, 5) is 24.2. The SMILES string of the molecule is Cc1ccc(S(=O)(=O)N(C)CC(=O)OCc2cc(=O)oc3cc(C)c(C)cc23)cc1. The molecule has 0 aliphatic rings. The molecule has 0 aliphatic carbocycles. The number of nitrogens with zero attached hydrogens (tertiary/aromatic N) is 1. The molecular weight excluding hydrogens is 406 g/mol. The van der Waals surface area contributed by atoms with E-state index in [1.165, 1.54) is 25.2 Å². The van der Waals surface area contributed by atoms with Gasteiger partial charge in [-0.3, -0.25) is 4.79 Å². The number of fused-ring (bicyclic) bond motifs is 1. The topological polar surface area (TPSA) is 93.9 Å². The molecule has 0 saturated carbocycles. The third-order valence-corrected chi connectivity index (χ3v) is 6.73. The number of carbonyl (C=O) groups excluding carboxylic acids is 1. The van der Waals surface area contributed by atoms with E-state index in [1.54, 1.807) is 18.2 Å². The normalized spacial score (nSPS) is 11.8. The molecule has 0 aliphatic heterocycles. The number of esters is 1. The first-order valence-electron chi connectivity index (χ1n) is 9.30. The molecule has 0 amide bonds. The molecule has 0 spiro atoms. The van der Waals surface area contributed by atoms with Crippen LogP contribution < -0.4 is 5.63 Å². The number of ether oxygens (including phenoxy) is 1. The van der Waals surface area contributed by atoms with Crippen molar-refractivity contribution >= 4 is 27.0 Å². The Balaban J connectivity index is 1.74. The lowest BCUT2D eigenvalue weighted by atomic mass is 10.0. The van der Waals surface area contributed by atoms with Crippen LogP contribution in [0.5, 0.6) is 0 Å². The van der Waals surface area contributed by atoms with Crippen LogP contribution in [-0.2, 0) is 26.2 Å². The van der Waals surface area contributed by atoms with E-state index in [2.05, 4.69) is 0 Å². The largest absolute Gasteiger partial charge is 0.460 e. The summed E-state index contributed by atoms with van der Waals surface area (Å²) in [5, 5.41) is 0.672. The number of benzene rings is 2. The zero-order valence-corrected chi connectivity index (χ0v) is 18.1. The monoisotopic (exact) mass is 429 g/mol. The van der Waals surface area contributed by atoms with E-state index in [1.807, 2.05) is 26.8 Å². The number of carbonyl (C=O) groups is 1. The van der Waals surface area contributed by atoms with Crippen molar-refractivity contribution in [1.29, 1.82) is 0 Å². The molecule has 0 N–H and O–H groups in total. The lowest BCUT2D eigenvalue weighted by Gasteiger charge is -2.17. The summed E-state index contributed by atoms with van der Waals surface area (Å²) >= 11 is 0. The van der Waals surface area contributed by atoms with Gasteiger partial charge in [0.15, 0.2) is 0 Å². The van der Waals surface area contributed by atoms with E-state index >= 15 is 0 Å². The Labute approximate surface area is 174 Å². The minimum Gasteiger partial charge on any atom is -0.460 e. The van der Waals surface area contributed by atoms with Crippen LogP contribution in [0.15, 0.2) is 56.6 Å². The molecule has 0 unspecified atom stereocenters. The van der Waals surface area contributed by atoms with E-state index < -0.39 is 28.2 Å². The van der Waals surface area contributed by atoms with Crippen molar-refractivity contribution in [2.45, 2.75) is 32.3 Å². The lowest BCUT2D eigenvalue weighted by molar-refractivity contribution is -0.144. The summed E-state index contributed by atoms with van der Waals surface area (Å²) in [6.45, 7) is 5.08. The third-order valence-electron chi connectivity index (χ3n) is 4.91. The molecule has 2 aromatic carbocycles. The van der Waals surface area contributed by atoms with Gasteiger partial charge >= 0.3 is 11.6 Å². The molecule has 1 heterocycles. The molecule has 7 nitrogen and oxygen atoms in total. The summed E-state index contributed by atoms with van der Waals surface area (Å²) in [5.41, 5.74) is 3.28. The Morgan fingerprint density at radius 1 is 1.03 bits per heavy atom. The van der Waals surface area contributed by atoms with E-state index in [9.17, 15) is 18.0 Å². The Bertz CT molecular complexity index is 1260. The molecule has 0 fully saturated rings. The second-order valence-corrected chi connectivity index (χ2v) is 9.30. The number of hydrogen-bond donors (Lipinski definition) is 0. The van der Waals surface area contributed by atoms with Gasteiger partial charge in [0.2, 0.25) is 10.0 Å². The summed E-state index contributed by atoms with van der Waals surface area (Å²) < 4.78 is 36.6. The summed E-state index contributed by atoms with van der Waals surface area (Å²) in [6, 6.07) is 11.3. The molecule has 8 heteroatoms. The third kappa shape index (κ3) is 4.60. The van der Waals surface area contributed by atoms with Gasteiger partial charge in [0.1, 0.15) is 18.7 Å². The van der Waals surface area contributed by atoms with Crippen LogP contribution in [0.1, 0.15) is 22.3 Å². The Morgan fingerprint density at radius 2 is 1.67 bits per heavy atom. The first kappa shape index (κ1) is 21.7. The number of likely N-dealkylation sites (N-methyl/N-ethyl adjacent to an activating group) is 1. The fraction of sp³-hybridized carbons (Fsp3) is 0.273. The molecule has 0 radical (unpaired) electrons. The van der Waals surface area contributed by atoms with Gasteiger partial charge in [-0.1, -0.05) is 17.7 Å². The van der Waals surface area contributed by atoms with Crippen LogP contribution >= 0.6 is 0 Å². The van der Waals surface area contributed by atoms with E-state index in [-0.39, 0.29) is 11.5 Å². The lowest BCUT2D eigenvalue weighted by Crippen LogP contribution is -2.33. The van der Waals surface area contributed by atoms with Crippen molar-refractivity contribution in [1.82, 2.24) is 4.31 Å². The van der Waals surface area contributed by atoms with Crippen LogP contribution in [-0.4, -0.2) is 32.3 Å². The molecule has 0 atom stereocenters. The Kier molecular flexibility index (Phi) is 6.09. The molecule has 3 rings (SSSR count). The zero-order chi connectivity index (χ0) is 22.1. The summed E-state index contributed by atoms with van der Waals surface area (Å²) in [7, 11) is -2.50. The van der Waals surface area contributed by atoms with Crippen molar-refractivity contribution in [2.24, 2.45) is 0 Å². The predicted molar refractivity (Wildman–Crippen MR) is 113 cm³/mol. The standard InChI is InChI=1S/C22H23NO6S/c1-14-5-7-18(8-6-14)30(26,27)23(4)12-22(25)28-13-17-11-21(24)29-20-10-16(3)15(2)9-19(17)20/h5-11H,12-13H2,1-4H3. The average molecular weight is 429 g/mol. The number of hydrogen-bond acceptors (Lipinski definition) is 6. The van der Waals surface area contributed by atoms with E-state index in [0.717, 1.165) is 21.0 Å². The van der Waals surface area contributed by atoms with Gasteiger partial charge in [-0.05, 0) is 56.2 Å². The molecule has 0 bridgehead atoms. The fourth-order valence-electron chi connectivity index (χ4n) is 2.96. The van der Waals surface area contributed by atoms with Gasteiger partial charge in [0.25, 0.3) is 0 Å². The minimum absolute atomic E-state index is 0.0981. The summed E-state index contributed by atoms with van der Waals surface area (Å²) in [6.07, 6.45) is 0. The molecule has 30 heavy (non-hydrogen) atoms. The quantitative estimate of drug-likeness (QED) is 0.442. The maximum Gasteiger partial charge on any atom is 0.336 e. The highest BCUT2D eigenvalue weighted by atomic mass is 32.2. The number of aryl methyl sites for hydroxylation is 3. The number of sulfonamides is 1. The second-order valence-electron chi connectivity index (χ2n) is 7.26. The van der Waals surface area contributed by atoms with Gasteiger partial charge in [0.05, 0.1) is 4.90 Å². The first-order valence-corrected chi connectivity index (χ1v) is 10.7. The van der Waals surface area contributed by atoms with Gasteiger partial charge in [-0.2, -0.15) is 4.31 Å². The van der Waals surface area contributed by atoms with Crippen LogP contribution in [0, 0.1) is 20.8 Å². The predicted octanol–water partition coefficient (Wildman–Crippen LogP) is 3.08. The van der Waals surface area contributed by atoms with Crippen LogP contribution in [0.3, 0.4) is 0 Å². The van der Waals surface area contributed by atoms with Crippen molar-refractivity contribution in [3.63, 3.8) is 0 Å². The highest BCUT2D eigenvalue weighted by Crippen LogP contribution is 2.22. The maximum atomic E-state index is 12.6. The first-order chi connectivity index (χ1) is 14.1. The fourth-order valence-corrected chi connectivity index (χ4v) is 4.08. The molecule has 3 aromatic rings. The van der Waals surface area contributed by atoms with Gasteiger partial charge < -0.3 is 9.15 Å². The molecule has 1 aromatic heterocycles. The van der Waals surface area contributed by atoms with Crippen molar-refractivity contribution in [3.8, 4) is 0 Å². The van der Waals surface area contributed by atoms with Gasteiger partial charge in [-0.25, -0.2) is 13.2 Å². The van der Waals surface area contributed by atoms with Crippen molar-refractivity contribution in [3.05, 3.63) is 75.1 Å². The highest BCUT2D eigenvalue weighted by molar-refractivity contribution is 7.89. The highest BCUT2D eigenvalue weighted by Gasteiger charge is 2.23. The molecular formula is C22H23NO6S. The summed E-state index contributed by atoms with van der Waals surface area (Å²) in [5.74, 6) is -0.724. The Hall–Kier alpha value is -2.97. The van der Waals surface area contributed by atoms with Crippen molar-refractivity contribution < 1.29 is 22.4 Å². The minimum atomic E-state index is -3.82. The van der Waals surface area contributed by atoms with Crippen LogP contribution in [0.2, 0.25) is 0 Å². The Morgan fingerprint density at radius 3 is 2.33 bits per heavy atom.